The normalized spacial score (nSPS) is 26.5. The molecule has 0 bridgehead atoms. The summed E-state index contributed by atoms with van der Waals surface area (Å²) in [5.74, 6) is -2.06. The highest BCUT2D eigenvalue weighted by Gasteiger charge is 2.48. The first-order valence-electron chi connectivity index (χ1n) is 16.4. The molecule has 2 heterocycles. The zero-order chi connectivity index (χ0) is 35.2. The molecule has 0 aromatic heterocycles. The van der Waals surface area contributed by atoms with Crippen LogP contribution in [0.25, 0.3) is 0 Å². The Morgan fingerprint density at radius 2 is 1.77 bits per heavy atom. The third kappa shape index (κ3) is 9.60. The minimum absolute atomic E-state index is 0.0210. The van der Waals surface area contributed by atoms with E-state index in [1.807, 2.05) is 52.0 Å². The Morgan fingerprint density at radius 1 is 1.04 bits per heavy atom. The molecule has 0 radical (unpaired) electrons. The van der Waals surface area contributed by atoms with Gasteiger partial charge in [0, 0.05) is 25.3 Å². The Labute approximate surface area is 287 Å². The van der Waals surface area contributed by atoms with Gasteiger partial charge in [0.15, 0.2) is 6.10 Å². The predicted molar refractivity (Wildman–Crippen MR) is 181 cm³/mol. The molecule has 6 atom stereocenters. The highest BCUT2D eigenvalue weighted by Crippen LogP contribution is 2.46. The summed E-state index contributed by atoms with van der Waals surface area (Å²) >= 11 is 6.32. The highest BCUT2D eigenvalue weighted by molar-refractivity contribution is 6.32. The fraction of sp³-hybridized carbons (Fsp3) is 0.514. The van der Waals surface area contributed by atoms with Crippen molar-refractivity contribution in [3.05, 3.63) is 76.3 Å². The molecule has 1 fully saturated rings. The van der Waals surface area contributed by atoms with Crippen LogP contribution in [0.3, 0.4) is 0 Å². The molecular formula is C37H47ClN2O8. The van der Waals surface area contributed by atoms with Crippen molar-refractivity contribution in [3.63, 3.8) is 0 Å². The van der Waals surface area contributed by atoms with E-state index in [1.165, 1.54) is 13.2 Å². The summed E-state index contributed by atoms with van der Waals surface area (Å²) in [6.07, 6.45) is 1.33. The third-order valence-electron chi connectivity index (χ3n) is 8.77. The summed E-state index contributed by atoms with van der Waals surface area (Å²) in [6.45, 7) is 11.0. The second kappa shape index (κ2) is 16.0. The summed E-state index contributed by atoms with van der Waals surface area (Å²) < 4.78 is 23.2. The van der Waals surface area contributed by atoms with Gasteiger partial charge in [-0.1, -0.05) is 68.8 Å². The van der Waals surface area contributed by atoms with E-state index in [-0.39, 0.29) is 49.9 Å². The molecule has 2 aromatic carbocycles. The number of methoxy groups -OCH3 is 1. The van der Waals surface area contributed by atoms with Crippen LogP contribution in [0.2, 0.25) is 5.02 Å². The monoisotopic (exact) mass is 682 g/mol. The number of epoxide rings is 1. The molecule has 2 aliphatic rings. The number of carbonyl (C=O) groups excluding carboxylic acids is 4. The van der Waals surface area contributed by atoms with Crippen LogP contribution in [-0.2, 0) is 39.8 Å². The van der Waals surface area contributed by atoms with Gasteiger partial charge in [0.05, 0.1) is 23.7 Å². The van der Waals surface area contributed by atoms with E-state index in [4.69, 9.17) is 30.5 Å². The van der Waals surface area contributed by atoms with E-state index in [0.29, 0.717) is 16.3 Å². The Kier molecular flexibility index (Phi) is 12.3. The van der Waals surface area contributed by atoms with Crippen LogP contribution < -0.4 is 15.4 Å². The second-order valence-electron chi connectivity index (χ2n) is 13.7. The van der Waals surface area contributed by atoms with Crippen molar-refractivity contribution in [2.75, 3.05) is 13.7 Å². The molecule has 0 saturated carbocycles. The van der Waals surface area contributed by atoms with E-state index >= 15 is 0 Å². The van der Waals surface area contributed by atoms with Crippen LogP contribution in [-0.4, -0.2) is 61.8 Å². The predicted octanol–water partition coefficient (Wildman–Crippen LogP) is 5.43. The quantitative estimate of drug-likeness (QED) is 0.278. The van der Waals surface area contributed by atoms with Gasteiger partial charge in [0.1, 0.15) is 24.0 Å². The van der Waals surface area contributed by atoms with Crippen LogP contribution >= 0.6 is 11.6 Å². The number of nitrogens with one attached hydrogen (secondary N) is 2. The van der Waals surface area contributed by atoms with Gasteiger partial charge in [-0.05, 0) is 68.0 Å². The third-order valence-corrected chi connectivity index (χ3v) is 9.07. The maximum Gasteiger partial charge on any atom is 0.347 e. The van der Waals surface area contributed by atoms with Gasteiger partial charge in [0.2, 0.25) is 11.8 Å². The van der Waals surface area contributed by atoms with E-state index in [2.05, 4.69) is 10.6 Å². The fourth-order valence-electron chi connectivity index (χ4n) is 5.71. The zero-order valence-electron chi connectivity index (χ0n) is 28.7. The van der Waals surface area contributed by atoms with Gasteiger partial charge in [-0.2, -0.15) is 0 Å². The maximum atomic E-state index is 13.6. The molecule has 2 aliphatic heterocycles. The second-order valence-corrected chi connectivity index (χ2v) is 14.1. The van der Waals surface area contributed by atoms with Crippen LogP contribution in [0.1, 0.15) is 70.3 Å². The standard InChI is InChI=1S/C37H47ClN2O8/c1-21(2)17-30-35(43)46-28(23(4)32-33(48-32)25-12-9-8-11-22(25)3)13-10-14-31(41)40-27(19-24-15-16-29(45-7)26(38)18-24)34(42)39-20-37(5,6)36(44)47-30/h8-12,14-16,18,21,23,27-28,30,32-33H,13,17,19-20H2,1-7H3,(H,39,42)(H,40,41)/b14-10+/t23-,27+,28-,30-,32+,33+/m0/s1. The lowest BCUT2D eigenvalue weighted by molar-refractivity contribution is -0.179. The van der Waals surface area contributed by atoms with Gasteiger partial charge < -0.3 is 29.6 Å². The summed E-state index contributed by atoms with van der Waals surface area (Å²) in [6, 6.07) is 12.1. The molecule has 0 aliphatic carbocycles. The van der Waals surface area contributed by atoms with E-state index in [9.17, 15) is 19.2 Å². The smallest absolute Gasteiger partial charge is 0.347 e. The Balaban J connectivity index is 1.62. The van der Waals surface area contributed by atoms with Gasteiger partial charge in [0.25, 0.3) is 0 Å². The Bertz CT molecular complexity index is 1520. The number of carbonyl (C=O) groups is 4. The average molecular weight is 683 g/mol. The first-order chi connectivity index (χ1) is 22.7. The summed E-state index contributed by atoms with van der Waals surface area (Å²) in [4.78, 5) is 53.7. The Hall–Kier alpha value is -3.89. The van der Waals surface area contributed by atoms with Crippen molar-refractivity contribution in [2.24, 2.45) is 17.3 Å². The molecule has 0 spiro atoms. The number of ether oxygens (including phenoxy) is 4. The number of benzene rings is 2. The van der Waals surface area contributed by atoms with E-state index in [0.717, 1.165) is 11.1 Å². The highest BCUT2D eigenvalue weighted by atomic mass is 35.5. The summed E-state index contributed by atoms with van der Waals surface area (Å²) in [5, 5.41) is 5.92. The Morgan fingerprint density at radius 3 is 2.44 bits per heavy atom. The number of hydrogen-bond acceptors (Lipinski definition) is 8. The molecule has 260 valence electrons. The lowest BCUT2D eigenvalue weighted by Crippen LogP contribution is -2.51. The number of aryl methyl sites for hydroxylation is 1. The van der Waals surface area contributed by atoms with Crippen LogP contribution in [0.15, 0.2) is 54.6 Å². The largest absolute Gasteiger partial charge is 0.495 e. The van der Waals surface area contributed by atoms with Crippen LogP contribution in [0, 0.1) is 24.2 Å². The van der Waals surface area contributed by atoms with Gasteiger partial charge in [-0.15, -0.1) is 0 Å². The SMILES string of the molecule is COc1ccc(C[C@H]2NC(=O)/C=C/C[C@@H]([C@H](C)[C@H]3O[C@@H]3c3ccccc3C)OC(=O)[C@H](CC(C)C)OC(=O)C(C)(C)CNC2=O)cc1Cl. The van der Waals surface area contributed by atoms with Crippen LogP contribution in [0.4, 0.5) is 0 Å². The molecule has 48 heavy (non-hydrogen) atoms. The van der Waals surface area contributed by atoms with E-state index < -0.39 is 47.4 Å². The van der Waals surface area contributed by atoms with Crippen molar-refractivity contribution in [1.82, 2.24) is 10.6 Å². The zero-order valence-corrected chi connectivity index (χ0v) is 29.5. The first kappa shape index (κ1) is 36.9. The first-order valence-corrected chi connectivity index (χ1v) is 16.8. The molecule has 0 unspecified atom stereocenters. The molecule has 2 amide bonds. The number of cyclic esters (lactones) is 2. The summed E-state index contributed by atoms with van der Waals surface area (Å²) in [7, 11) is 1.51. The molecule has 2 aromatic rings. The van der Waals surface area contributed by atoms with Gasteiger partial charge in [-0.25, -0.2) is 4.79 Å². The van der Waals surface area contributed by atoms with E-state index in [1.54, 1.807) is 38.1 Å². The molecule has 4 rings (SSSR count). The van der Waals surface area contributed by atoms with Crippen molar-refractivity contribution in [1.29, 1.82) is 0 Å². The van der Waals surface area contributed by atoms with Crippen molar-refractivity contribution >= 4 is 35.4 Å². The fourth-order valence-corrected chi connectivity index (χ4v) is 5.99. The average Bonchev–Trinajstić information content (AvgIpc) is 3.82. The number of rotatable bonds is 8. The molecule has 2 N–H and O–H groups in total. The minimum atomic E-state index is -1.20. The molecule has 1 saturated heterocycles. The lowest BCUT2D eigenvalue weighted by Gasteiger charge is -2.29. The van der Waals surface area contributed by atoms with Gasteiger partial charge in [-0.3, -0.25) is 14.4 Å². The minimum Gasteiger partial charge on any atom is -0.495 e. The van der Waals surface area contributed by atoms with Crippen molar-refractivity contribution in [2.45, 2.75) is 91.3 Å². The number of esters is 2. The summed E-state index contributed by atoms with van der Waals surface area (Å²) in [5.41, 5.74) is 1.67. The molecule has 10 nitrogen and oxygen atoms in total. The number of amides is 2. The van der Waals surface area contributed by atoms with Crippen LogP contribution in [0.5, 0.6) is 5.75 Å². The number of hydrogen-bond donors (Lipinski definition) is 2. The lowest BCUT2D eigenvalue weighted by atomic mass is 9.92. The van der Waals surface area contributed by atoms with Crippen molar-refractivity contribution in [3.8, 4) is 5.75 Å². The number of halogens is 1. The molecular weight excluding hydrogens is 636 g/mol. The molecule has 11 heteroatoms. The topological polar surface area (TPSA) is 133 Å². The maximum absolute atomic E-state index is 13.6. The van der Waals surface area contributed by atoms with Gasteiger partial charge >= 0.3 is 11.9 Å². The van der Waals surface area contributed by atoms with Crippen molar-refractivity contribution < 1.29 is 38.1 Å².